The average molecular weight is 437 g/mol. The second kappa shape index (κ2) is 9.90. The van der Waals surface area contributed by atoms with Crippen molar-refractivity contribution >= 4 is 18.0 Å². The van der Waals surface area contributed by atoms with E-state index in [2.05, 4.69) is 25.3 Å². The van der Waals surface area contributed by atoms with E-state index >= 15 is 0 Å². The molecule has 1 saturated heterocycles. The number of nitrogens with zero attached hydrogens (tertiary/aromatic N) is 6. The third kappa shape index (κ3) is 5.20. The number of aliphatic imine (C=N–C) groups is 1. The minimum Gasteiger partial charge on any atom is -0.490 e. The summed E-state index contributed by atoms with van der Waals surface area (Å²) >= 11 is 0. The molecule has 1 aliphatic rings. The predicted molar refractivity (Wildman–Crippen MR) is 117 cm³/mol. The Balaban J connectivity index is 1.35. The zero-order valence-corrected chi connectivity index (χ0v) is 17.1. The first-order valence-electron chi connectivity index (χ1n) is 10.0. The lowest BCUT2D eigenvalue weighted by molar-refractivity contribution is 0.170. The van der Waals surface area contributed by atoms with Crippen LogP contribution in [0.25, 0.3) is 11.1 Å². The third-order valence-corrected chi connectivity index (χ3v) is 5.08. The minimum atomic E-state index is -0.450. The van der Waals surface area contributed by atoms with Gasteiger partial charge in [0, 0.05) is 37.6 Å². The van der Waals surface area contributed by atoms with Gasteiger partial charge < -0.3 is 15.5 Å². The summed E-state index contributed by atoms with van der Waals surface area (Å²) in [6, 6.07) is 12.0. The van der Waals surface area contributed by atoms with Crippen LogP contribution in [0.3, 0.4) is 0 Å². The largest absolute Gasteiger partial charge is 0.490 e. The number of ether oxygens (including phenoxy) is 1. The first-order chi connectivity index (χ1) is 15.6. The van der Waals surface area contributed by atoms with Crippen molar-refractivity contribution in [2.24, 2.45) is 21.2 Å². The Kier molecular flexibility index (Phi) is 6.59. The van der Waals surface area contributed by atoms with Crippen LogP contribution in [0, 0.1) is 11.6 Å². The van der Waals surface area contributed by atoms with Crippen molar-refractivity contribution in [3.05, 3.63) is 66.5 Å². The van der Waals surface area contributed by atoms with Crippen molar-refractivity contribution in [1.82, 2.24) is 9.97 Å². The highest BCUT2D eigenvalue weighted by Crippen LogP contribution is 2.29. The highest BCUT2D eigenvalue weighted by Gasteiger charge is 2.22. The monoisotopic (exact) mass is 437 g/mol. The molecule has 0 bridgehead atoms. The molecule has 0 aliphatic carbocycles. The van der Waals surface area contributed by atoms with E-state index in [1.54, 1.807) is 12.1 Å². The molecule has 4 rings (SSSR count). The number of aromatic nitrogens is 2. The number of piperidine rings is 1. The molecule has 0 unspecified atom stereocenters. The summed E-state index contributed by atoms with van der Waals surface area (Å²) in [5, 5.41) is 6.47. The van der Waals surface area contributed by atoms with E-state index < -0.39 is 11.6 Å². The Bertz CT molecular complexity index is 1100. The zero-order chi connectivity index (χ0) is 22.3. The topological polar surface area (TPSA) is 101 Å². The van der Waals surface area contributed by atoms with Crippen LogP contribution in [0.5, 0.6) is 5.75 Å². The quantitative estimate of drug-likeness (QED) is 0.202. The van der Waals surface area contributed by atoms with Gasteiger partial charge in [0.25, 0.3) is 0 Å². The van der Waals surface area contributed by atoms with Gasteiger partial charge in [-0.15, -0.1) is 5.11 Å². The van der Waals surface area contributed by atoms with E-state index in [1.165, 1.54) is 18.5 Å². The third-order valence-electron chi connectivity index (χ3n) is 5.08. The summed E-state index contributed by atoms with van der Waals surface area (Å²) in [7, 11) is 0. The molecule has 32 heavy (non-hydrogen) atoms. The number of halogens is 2. The van der Waals surface area contributed by atoms with E-state index in [9.17, 15) is 8.78 Å². The van der Waals surface area contributed by atoms with Crippen LogP contribution in [0.1, 0.15) is 12.8 Å². The molecule has 164 valence electrons. The van der Waals surface area contributed by atoms with E-state index in [0.29, 0.717) is 17.2 Å². The minimum absolute atomic E-state index is 0.0529. The maximum atomic E-state index is 14.5. The number of hydrogen-bond donors (Lipinski definition) is 1. The predicted octanol–water partition coefficient (Wildman–Crippen LogP) is 4.46. The van der Waals surface area contributed by atoms with E-state index in [-0.39, 0.29) is 6.10 Å². The molecule has 3 aromatic rings. The number of benzene rings is 2. The van der Waals surface area contributed by atoms with Crippen molar-refractivity contribution < 1.29 is 13.5 Å². The summed E-state index contributed by atoms with van der Waals surface area (Å²) < 4.78 is 33.6. The molecule has 10 heteroatoms. The lowest BCUT2D eigenvalue weighted by Crippen LogP contribution is -2.39. The Morgan fingerprint density at radius 3 is 2.41 bits per heavy atom. The zero-order valence-electron chi connectivity index (χ0n) is 17.1. The average Bonchev–Trinajstić information content (AvgIpc) is 2.81. The summed E-state index contributed by atoms with van der Waals surface area (Å²) in [6.45, 7) is 1.45. The van der Waals surface area contributed by atoms with Crippen LogP contribution in [-0.2, 0) is 0 Å². The standard InChI is InChI=1S/C22H21F2N7O/c23-16-12-26-22(27-13-16)31-9-7-19(8-10-31)32-18-4-1-15(2-5-18)20-6-3-17(11-21(20)24)28-14-29-30-25/h1-6,11-14,19H,7-10H2,(H2,25,28,29). The van der Waals surface area contributed by atoms with Gasteiger partial charge in [-0.05, 0) is 29.8 Å². The molecule has 1 aromatic heterocycles. The van der Waals surface area contributed by atoms with E-state index in [0.717, 1.165) is 43.6 Å². The van der Waals surface area contributed by atoms with Crippen LogP contribution in [0.4, 0.5) is 20.4 Å². The summed E-state index contributed by atoms with van der Waals surface area (Å²) in [4.78, 5) is 14.0. The number of hydrogen-bond acceptors (Lipinski definition) is 6. The Morgan fingerprint density at radius 2 is 1.75 bits per heavy atom. The second-order valence-electron chi connectivity index (χ2n) is 7.17. The maximum Gasteiger partial charge on any atom is 0.225 e. The molecular weight excluding hydrogens is 416 g/mol. The van der Waals surface area contributed by atoms with E-state index in [1.807, 2.05) is 29.2 Å². The highest BCUT2D eigenvalue weighted by atomic mass is 19.1. The maximum absolute atomic E-state index is 14.5. The van der Waals surface area contributed by atoms with Crippen molar-refractivity contribution in [1.29, 1.82) is 0 Å². The van der Waals surface area contributed by atoms with E-state index in [4.69, 9.17) is 10.6 Å². The molecule has 0 saturated carbocycles. The van der Waals surface area contributed by atoms with Crippen molar-refractivity contribution in [2.75, 3.05) is 18.0 Å². The number of rotatable bonds is 6. The molecule has 1 fully saturated rings. The van der Waals surface area contributed by atoms with Gasteiger partial charge in [-0.3, -0.25) is 0 Å². The second-order valence-corrected chi connectivity index (χ2v) is 7.17. The van der Waals surface area contributed by atoms with Crippen molar-refractivity contribution in [2.45, 2.75) is 18.9 Å². The molecule has 2 heterocycles. The van der Waals surface area contributed by atoms with Crippen LogP contribution < -0.4 is 15.5 Å². The lowest BCUT2D eigenvalue weighted by Gasteiger charge is -2.32. The smallest absolute Gasteiger partial charge is 0.225 e. The summed E-state index contributed by atoms with van der Waals surface area (Å²) in [5.74, 6) is 5.29. The highest BCUT2D eigenvalue weighted by molar-refractivity contribution is 5.68. The molecule has 2 N–H and O–H groups in total. The van der Waals surface area contributed by atoms with Crippen LogP contribution in [0.2, 0.25) is 0 Å². The van der Waals surface area contributed by atoms with Crippen molar-refractivity contribution in [3.63, 3.8) is 0 Å². The fourth-order valence-corrected chi connectivity index (χ4v) is 3.49. The normalized spacial score (nSPS) is 15.0. The first-order valence-corrected chi connectivity index (χ1v) is 10.0. The molecule has 0 radical (unpaired) electrons. The Morgan fingerprint density at radius 1 is 1.03 bits per heavy atom. The van der Waals surface area contributed by atoms with Gasteiger partial charge in [-0.25, -0.2) is 23.7 Å². The molecule has 1 aliphatic heterocycles. The van der Waals surface area contributed by atoms with Gasteiger partial charge in [0.2, 0.25) is 5.95 Å². The van der Waals surface area contributed by atoms with Gasteiger partial charge in [-0.1, -0.05) is 17.4 Å². The van der Waals surface area contributed by atoms with Gasteiger partial charge in [0.15, 0.2) is 5.82 Å². The lowest BCUT2D eigenvalue weighted by atomic mass is 10.0. The summed E-state index contributed by atoms with van der Waals surface area (Å²) in [5.41, 5.74) is 1.61. The van der Waals surface area contributed by atoms with Crippen LogP contribution in [-0.4, -0.2) is 35.5 Å². The molecule has 0 amide bonds. The Hall–Kier alpha value is -3.95. The van der Waals surface area contributed by atoms with Gasteiger partial charge in [-0.2, -0.15) is 0 Å². The fraction of sp³-hybridized carbons (Fsp3) is 0.227. The molecule has 2 aromatic carbocycles. The van der Waals surface area contributed by atoms with Crippen molar-refractivity contribution in [3.8, 4) is 16.9 Å². The Labute approximate surface area is 183 Å². The van der Waals surface area contributed by atoms with Gasteiger partial charge in [0.1, 0.15) is 24.0 Å². The van der Waals surface area contributed by atoms with Crippen LogP contribution >= 0.6 is 0 Å². The number of anilines is 1. The molecular formula is C22H21F2N7O. The molecule has 0 spiro atoms. The summed E-state index contributed by atoms with van der Waals surface area (Å²) in [6.07, 6.45) is 5.13. The van der Waals surface area contributed by atoms with Gasteiger partial charge >= 0.3 is 0 Å². The van der Waals surface area contributed by atoms with Gasteiger partial charge in [0.05, 0.1) is 18.1 Å². The number of nitrogens with two attached hydrogens (primary N) is 1. The SMILES string of the molecule is NN=NC=Nc1ccc(-c2ccc(OC3CCN(c4ncc(F)cn4)CC3)cc2)c(F)c1. The molecule has 0 atom stereocenters. The van der Waals surface area contributed by atoms with Crippen LogP contribution in [0.15, 0.2) is 70.2 Å². The first kappa shape index (κ1) is 21.3. The molecule has 8 nitrogen and oxygen atoms in total. The fourth-order valence-electron chi connectivity index (χ4n) is 3.49.